The van der Waals surface area contributed by atoms with Gasteiger partial charge in [0.15, 0.2) is 0 Å². The van der Waals surface area contributed by atoms with Crippen molar-refractivity contribution in [2.45, 2.75) is 13.5 Å². The lowest BCUT2D eigenvalue weighted by Crippen LogP contribution is -2.18. The molecule has 0 aliphatic carbocycles. The van der Waals surface area contributed by atoms with Crippen molar-refractivity contribution in [3.8, 4) is 0 Å². The van der Waals surface area contributed by atoms with Crippen molar-refractivity contribution < 1.29 is 0 Å². The monoisotopic (exact) mass is 248 g/mol. The second-order valence-corrected chi connectivity index (χ2v) is 4.52. The number of nitrogens with one attached hydrogen (secondary N) is 1. The fourth-order valence-corrected chi connectivity index (χ4v) is 2.05. The molecule has 2 rings (SSSR count). The highest BCUT2D eigenvalue weighted by Crippen LogP contribution is 2.12. The van der Waals surface area contributed by atoms with Crippen molar-refractivity contribution in [3.63, 3.8) is 0 Å². The Morgan fingerprint density at radius 3 is 3.00 bits per heavy atom. The summed E-state index contributed by atoms with van der Waals surface area (Å²) >= 11 is 1.70. The topological polar surface area (TPSA) is 41.1 Å². The van der Waals surface area contributed by atoms with Gasteiger partial charge in [0.2, 0.25) is 5.95 Å². The molecule has 0 saturated carbocycles. The molecule has 0 atom stereocenters. The van der Waals surface area contributed by atoms with Crippen LogP contribution in [0.25, 0.3) is 0 Å². The minimum Gasteiger partial charge on any atom is -0.360 e. The zero-order valence-corrected chi connectivity index (χ0v) is 10.9. The predicted octanol–water partition coefficient (Wildman–Crippen LogP) is 2.61. The minimum absolute atomic E-state index is 0.675. The van der Waals surface area contributed by atoms with E-state index in [1.54, 1.807) is 17.5 Å². The molecule has 90 valence electrons. The third-order valence-electron chi connectivity index (χ3n) is 2.54. The number of hydrogen-bond donors (Lipinski definition) is 1. The Bertz CT molecular complexity index is 455. The molecule has 2 heterocycles. The van der Waals surface area contributed by atoms with Crippen LogP contribution in [0.15, 0.2) is 29.1 Å². The van der Waals surface area contributed by atoms with Crippen molar-refractivity contribution >= 4 is 23.1 Å². The Hall–Kier alpha value is -1.62. The molecule has 0 aromatic carbocycles. The maximum absolute atomic E-state index is 4.45. The molecule has 0 fully saturated rings. The first kappa shape index (κ1) is 11.9. The summed E-state index contributed by atoms with van der Waals surface area (Å²) in [4.78, 5) is 10.7. The van der Waals surface area contributed by atoms with Gasteiger partial charge in [0.05, 0.1) is 0 Å². The van der Waals surface area contributed by atoms with E-state index in [1.165, 1.54) is 5.56 Å². The van der Waals surface area contributed by atoms with E-state index in [-0.39, 0.29) is 0 Å². The van der Waals surface area contributed by atoms with E-state index in [2.05, 4.69) is 43.9 Å². The average Bonchev–Trinajstić information content (AvgIpc) is 2.89. The summed E-state index contributed by atoms with van der Waals surface area (Å²) in [5, 5.41) is 7.41. The lowest BCUT2D eigenvalue weighted by atomic mass is 10.3. The summed E-state index contributed by atoms with van der Waals surface area (Å²) in [5.74, 6) is 1.62. The lowest BCUT2D eigenvalue weighted by Gasteiger charge is -2.15. The minimum atomic E-state index is 0.675. The Morgan fingerprint density at radius 1 is 1.41 bits per heavy atom. The van der Waals surface area contributed by atoms with E-state index in [4.69, 9.17) is 0 Å². The summed E-state index contributed by atoms with van der Waals surface area (Å²) in [6.45, 7) is 3.80. The van der Waals surface area contributed by atoms with Gasteiger partial charge in [-0.25, -0.2) is 4.98 Å². The SMILES string of the molecule is CCN(C)c1ccnc(NCc2ccsc2)n1. The Kier molecular flexibility index (Phi) is 3.93. The van der Waals surface area contributed by atoms with Crippen LogP contribution in [0, 0.1) is 0 Å². The zero-order chi connectivity index (χ0) is 12.1. The number of thiophene rings is 1. The van der Waals surface area contributed by atoms with E-state index in [0.717, 1.165) is 18.9 Å². The number of anilines is 2. The summed E-state index contributed by atoms with van der Waals surface area (Å²) < 4.78 is 0. The summed E-state index contributed by atoms with van der Waals surface area (Å²) in [6, 6.07) is 4.01. The quantitative estimate of drug-likeness (QED) is 0.883. The van der Waals surface area contributed by atoms with Crippen molar-refractivity contribution in [1.29, 1.82) is 0 Å². The van der Waals surface area contributed by atoms with Crippen molar-refractivity contribution in [2.75, 3.05) is 23.8 Å². The van der Waals surface area contributed by atoms with Gasteiger partial charge in [-0.2, -0.15) is 16.3 Å². The van der Waals surface area contributed by atoms with Crippen LogP contribution in [0.1, 0.15) is 12.5 Å². The normalized spacial score (nSPS) is 10.2. The van der Waals surface area contributed by atoms with Gasteiger partial charge in [0.25, 0.3) is 0 Å². The van der Waals surface area contributed by atoms with Crippen LogP contribution in [0.5, 0.6) is 0 Å². The highest BCUT2D eigenvalue weighted by atomic mass is 32.1. The number of aromatic nitrogens is 2. The third kappa shape index (κ3) is 3.17. The van der Waals surface area contributed by atoms with Crippen LogP contribution in [0.2, 0.25) is 0 Å². The Labute approximate surface area is 105 Å². The maximum Gasteiger partial charge on any atom is 0.224 e. The molecule has 2 aromatic heterocycles. The van der Waals surface area contributed by atoms with E-state index in [9.17, 15) is 0 Å². The number of nitrogens with zero attached hydrogens (tertiary/aromatic N) is 3. The maximum atomic E-state index is 4.45. The van der Waals surface area contributed by atoms with Gasteiger partial charge in [-0.05, 0) is 35.4 Å². The van der Waals surface area contributed by atoms with Crippen molar-refractivity contribution in [1.82, 2.24) is 9.97 Å². The molecule has 5 heteroatoms. The lowest BCUT2D eigenvalue weighted by molar-refractivity contribution is 0.924. The molecular weight excluding hydrogens is 232 g/mol. The van der Waals surface area contributed by atoms with Gasteiger partial charge in [0.1, 0.15) is 5.82 Å². The first-order chi connectivity index (χ1) is 8.29. The third-order valence-corrected chi connectivity index (χ3v) is 3.27. The molecule has 2 aromatic rings. The zero-order valence-electron chi connectivity index (χ0n) is 10.1. The molecule has 0 radical (unpaired) electrons. The molecule has 0 amide bonds. The largest absolute Gasteiger partial charge is 0.360 e. The second kappa shape index (κ2) is 5.63. The Balaban J connectivity index is 2.01. The molecule has 0 bridgehead atoms. The Morgan fingerprint density at radius 2 is 2.29 bits per heavy atom. The van der Waals surface area contributed by atoms with E-state index in [1.807, 2.05) is 13.1 Å². The highest BCUT2D eigenvalue weighted by Gasteiger charge is 2.02. The van der Waals surface area contributed by atoms with E-state index in [0.29, 0.717) is 5.95 Å². The molecule has 0 unspecified atom stereocenters. The predicted molar refractivity (Wildman–Crippen MR) is 72.6 cm³/mol. The number of hydrogen-bond acceptors (Lipinski definition) is 5. The van der Waals surface area contributed by atoms with E-state index < -0.39 is 0 Å². The first-order valence-corrected chi connectivity index (χ1v) is 6.53. The van der Waals surface area contributed by atoms with Gasteiger partial charge in [0, 0.05) is 26.3 Å². The van der Waals surface area contributed by atoms with Crippen LogP contribution >= 0.6 is 11.3 Å². The molecule has 0 spiro atoms. The summed E-state index contributed by atoms with van der Waals surface area (Å²) in [7, 11) is 2.02. The van der Waals surface area contributed by atoms with Crippen LogP contribution in [0.4, 0.5) is 11.8 Å². The highest BCUT2D eigenvalue weighted by molar-refractivity contribution is 7.07. The fourth-order valence-electron chi connectivity index (χ4n) is 1.38. The molecule has 17 heavy (non-hydrogen) atoms. The number of rotatable bonds is 5. The first-order valence-electron chi connectivity index (χ1n) is 5.58. The smallest absolute Gasteiger partial charge is 0.224 e. The van der Waals surface area contributed by atoms with Crippen LogP contribution < -0.4 is 10.2 Å². The van der Waals surface area contributed by atoms with E-state index >= 15 is 0 Å². The van der Waals surface area contributed by atoms with Gasteiger partial charge >= 0.3 is 0 Å². The summed E-state index contributed by atoms with van der Waals surface area (Å²) in [6.07, 6.45) is 1.78. The van der Waals surface area contributed by atoms with Crippen molar-refractivity contribution in [2.24, 2.45) is 0 Å². The van der Waals surface area contributed by atoms with Gasteiger partial charge in [-0.1, -0.05) is 0 Å². The average molecular weight is 248 g/mol. The molecule has 0 aliphatic heterocycles. The van der Waals surface area contributed by atoms with Gasteiger partial charge in [-0.3, -0.25) is 0 Å². The van der Waals surface area contributed by atoms with Gasteiger partial charge < -0.3 is 10.2 Å². The molecule has 1 N–H and O–H groups in total. The molecule has 0 aliphatic rings. The van der Waals surface area contributed by atoms with Gasteiger partial charge in [-0.15, -0.1) is 0 Å². The van der Waals surface area contributed by atoms with Crippen LogP contribution in [-0.2, 0) is 6.54 Å². The van der Waals surface area contributed by atoms with Crippen LogP contribution in [-0.4, -0.2) is 23.6 Å². The van der Waals surface area contributed by atoms with Crippen molar-refractivity contribution in [3.05, 3.63) is 34.7 Å². The standard InChI is InChI=1S/C12H16N4S/c1-3-16(2)11-4-6-13-12(15-11)14-8-10-5-7-17-9-10/h4-7,9H,3,8H2,1-2H3,(H,13,14,15). The molecule has 4 nitrogen and oxygen atoms in total. The molecular formula is C12H16N4S. The second-order valence-electron chi connectivity index (χ2n) is 3.74. The molecule has 0 saturated heterocycles. The summed E-state index contributed by atoms with van der Waals surface area (Å²) in [5.41, 5.74) is 1.26. The van der Waals surface area contributed by atoms with Crippen LogP contribution in [0.3, 0.4) is 0 Å². The fraction of sp³-hybridized carbons (Fsp3) is 0.333.